The first-order valence-electron chi connectivity index (χ1n) is 4.93. The molecule has 2 nitrogen and oxygen atoms in total. The number of halogens is 3. The minimum Gasteiger partial charge on any atom is -0.394 e. The highest BCUT2D eigenvalue weighted by Gasteiger charge is 2.39. The smallest absolute Gasteiger partial charge is 0.394 e. The zero-order valence-corrected chi connectivity index (χ0v) is 8.83. The Morgan fingerprint density at radius 1 is 1.25 bits per heavy atom. The molecule has 1 aromatic rings. The molecule has 0 saturated heterocycles. The second-order valence-corrected chi connectivity index (χ2v) is 3.58. The molecule has 0 spiro atoms. The number of alkyl halides is 3. The van der Waals surface area contributed by atoms with Crippen LogP contribution in [0.2, 0.25) is 0 Å². The largest absolute Gasteiger partial charge is 0.406 e. The quantitative estimate of drug-likeness (QED) is 0.836. The van der Waals surface area contributed by atoms with Crippen molar-refractivity contribution in [2.45, 2.75) is 25.2 Å². The second kappa shape index (κ2) is 5.32. The van der Waals surface area contributed by atoms with E-state index in [-0.39, 0.29) is 0 Å². The van der Waals surface area contributed by atoms with Gasteiger partial charge in [-0.1, -0.05) is 30.3 Å². The molecule has 2 unspecified atom stereocenters. The van der Waals surface area contributed by atoms with Gasteiger partial charge < -0.3 is 5.11 Å². The highest BCUT2D eigenvalue weighted by atomic mass is 19.4. The summed E-state index contributed by atoms with van der Waals surface area (Å²) in [5.41, 5.74) is 0.755. The first kappa shape index (κ1) is 13.0. The predicted molar refractivity (Wildman–Crippen MR) is 54.9 cm³/mol. The summed E-state index contributed by atoms with van der Waals surface area (Å²) in [6.07, 6.45) is -4.43. The number of aliphatic hydroxyl groups excluding tert-OH is 1. The van der Waals surface area contributed by atoms with Crippen LogP contribution in [-0.4, -0.2) is 23.9 Å². The molecule has 0 aliphatic rings. The first-order chi connectivity index (χ1) is 7.45. The minimum atomic E-state index is -4.43. The lowest BCUT2D eigenvalue weighted by atomic mass is 10.1. The van der Waals surface area contributed by atoms with Gasteiger partial charge in [0.05, 0.1) is 6.61 Å². The van der Waals surface area contributed by atoms with Gasteiger partial charge in [-0.15, -0.1) is 0 Å². The van der Waals surface area contributed by atoms with E-state index in [1.165, 1.54) is 0 Å². The first-order valence-corrected chi connectivity index (χ1v) is 4.93. The Bertz CT molecular complexity index is 313. The topological polar surface area (TPSA) is 32.3 Å². The van der Waals surface area contributed by atoms with E-state index in [2.05, 4.69) is 5.32 Å². The Morgan fingerprint density at radius 3 is 2.25 bits per heavy atom. The number of hydrogen-bond donors (Lipinski definition) is 2. The number of aliphatic hydroxyl groups is 1. The molecule has 0 amide bonds. The fourth-order valence-electron chi connectivity index (χ4n) is 1.39. The maximum Gasteiger partial charge on any atom is 0.406 e. The molecule has 2 N–H and O–H groups in total. The Kier molecular flexibility index (Phi) is 4.32. The third kappa shape index (κ3) is 3.50. The van der Waals surface area contributed by atoms with Crippen LogP contribution in [0.1, 0.15) is 18.5 Å². The van der Waals surface area contributed by atoms with Gasteiger partial charge in [-0.25, -0.2) is 0 Å². The molecular weight excluding hydrogens is 219 g/mol. The standard InChI is InChI=1S/C11H14F3NO/c1-8(9-5-3-2-4-6-9)15-10(7-16)11(12,13)14/h2-6,8,10,15-16H,7H2,1H3. The molecule has 0 saturated carbocycles. The molecule has 1 rings (SSSR count). The lowest BCUT2D eigenvalue weighted by molar-refractivity contribution is -0.165. The zero-order chi connectivity index (χ0) is 12.2. The number of nitrogens with one attached hydrogen (secondary N) is 1. The van der Waals surface area contributed by atoms with E-state index in [4.69, 9.17) is 5.11 Å². The molecule has 0 radical (unpaired) electrons. The van der Waals surface area contributed by atoms with Gasteiger partial charge in [0.1, 0.15) is 6.04 Å². The number of benzene rings is 1. The average molecular weight is 233 g/mol. The molecule has 1 aromatic carbocycles. The van der Waals surface area contributed by atoms with E-state index in [1.807, 2.05) is 0 Å². The Balaban J connectivity index is 2.67. The molecule has 0 fully saturated rings. The third-order valence-electron chi connectivity index (χ3n) is 2.33. The minimum absolute atomic E-state index is 0.458. The van der Waals surface area contributed by atoms with Crippen molar-refractivity contribution in [1.82, 2.24) is 5.32 Å². The lowest BCUT2D eigenvalue weighted by Gasteiger charge is -2.24. The summed E-state index contributed by atoms with van der Waals surface area (Å²) in [5, 5.41) is 11.0. The summed E-state index contributed by atoms with van der Waals surface area (Å²) in [7, 11) is 0. The zero-order valence-electron chi connectivity index (χ0n) is 8.83. The van der Waals surface area contributed by atoms with E-state index < -0.39 is 24.9 Å². The normalized spacial score (nSPS) is 15.8. The van der Waals surface area contributed by atoms with Gasteiger partial charge in [-0.3, -0.25) is 5.32 Å². The average Bonchev–Trinajstić information content (AvgIpc) is 2.25. The summed E-state index contributed by atoms with van der Waals surface area (Å²) in [6, 6.07) is 6.45. The summed E-state index contributed by atoms with van der Waals surface area (Å²) >= 11 is 0. The molecular formula is C11H14F3NO. The van der Waals surface area contributed by atoms with Gasteiger partial charge in [0.2, 0.25) is 0 Å². The second-order valence-electron chi connectivity index (χ2n) is 3.58. The van der Waals surface area contributed by atoms with Crippen molar-refractivity contribution in [3.8, 4) is 0 Å². The van der Waals surface area contributed by atoms with Crippen LogP contribution in [0.15, 0.2) is 30.3 Å². The van der Waals surface area contributed by atoms with Crippen LogP contribution < -0.4 is 5.32 Å². The van der Waals surface area contributed by atoms with Crippen molar-refractivity contribution in [2.24, 2.45) is 0 Å². The van der Waals surface area contributed by atoms with E-state index in [0.29, 0.717) is 0 Å². The number of rotatable bonds is 4. The third-order valence-corrected chi connectivity index (χ3v) is 2.33. The van der Waals surface area contributed by atoms with Crippen LogP contribution in [0.4, 0.5) is 13.2 Å². The molecule has 0 heterocycles. The van der Waals surface area contributed by atoms with Gasteiger partial charge >= 0.3 is 6.18 Å². The van der Waals surface area contributed by atoms with Crippen molar-refractivity contribution in [3.05, 3.63) is 35.9 Å². The molecule has 16 heavy (non-hydrogen) atoms. The van der Waals surface area contributed by atoms with Crippen molar-refractivity contribution in [1.29, 1.82) is 0 Å². The molecule has 0 aliphatic carbocycles. The van der Waals surface area contributed by atoms with Gasteiger partial charge in [0.15, 0.2) is 0 Å². The van der Waals surface area contributed by atoms with Gasteiger partial charge in [0, 0.05) is 6.04 Å². The molecule has 0 aliphatic heterocycles. The predicted octanol–water partition coefficient (Wildman–Crippen LogP) is 2.26. The summed E-state index contributed by atoms with van der Waals surface area (Å²) < 4.78 is 37.1. The highest BCUT2D eigenvalue weighted by molar-refractivity contribution is 5.18. The van der Waals surface area contributed by atoms with Crippen molar-refractivity contribution in [3.63, 3.8) is 0 Å². The summed E-state index contributed by atoms with van der Waals surface area (Å²) in [4.78, 5) is 0. The summed E-state index contributed by atoms with van der Waals surface area (Å²) in [6.45, 7) is 0.671. The van der Waals surface area contributed by atoms with Gasteiger partial charge in [-0.05, 0) is 12.5 Å². The Morgan fingerprint density at radius 2 is 1.81 bits per heavy atom. The Hall–Kier alpha value is -1.07. The highest BCUT2D eigenvalue weighted by Crippen LogP contribution is 2.22. The van der Waals surface area contributed by atoms with Crippen LogP contribution in [0.25, 0.3) is 0 Å². The maximum absolute atomic E-state index is 12.4. The summed E-state index contributed by atoms with van der Waals surface area (Å²) in [5.74, 6) is 0. The molecule has 5 heteroatoms. The van der Waals surface area contributed by atoms with Crippen molar-refractivity contribution >= 4 is 0 Å². The molecule has 0 bridgehead atoms. The van der Waals surface area contributed by atoms with Crippen LogP contribution in [0.3, 0.4) is 0 Å². The van der Waals surface area contributed by atoms with Crippen molar-refractivity contribution in [2.75, 3.05) is 6.61 Å². The lowest BCUT2D eigenvalue weighted by Crippen LogP contribution is -2.45. The van der Waals surface area contributed by atoms with Crippen LogP contribution in [-0.2, 0) is 0 Å². The van der Waals surface area contributed by atoms with Crippen molar-refractivity contribution < 1.29 is 18.3 Å². The molecule has 90 valence electrons. The van der Waals surface area contributed by atoms with Crippen LogP contribution in [0.5, 0.6) is 0 Å². The van der Waals surface area contributed by atoms with E-state index >= 15 is 0 Å². The van der Waals surface area contributed by atoms with E-state index in [9.17, 15) is 13.2 Å². The number of hydrogen-bond acceptors (Lipinski definition) is 2. The van der Waals surface area contributed by atoms with Crippen LogP contribution in [0, 0.1) is 0 Å². The maximum atomic E-state index is 12.4. The fraction of sp³-hybridized carbons (Fsp3) is 0.455. The van der Waals surface area contributed by atoms with Gasteiger partial charge in [-0.2, -0.15) is 13.2 Å². The monoisotopic (exact) mass is 233 g/mol. The fourth-order valence-corrected chi connectivity index (χ4v) is 1.39. The molecule has 0 aromatic heterocycles. The van der Waals surface area contributed by atoms with E-state index in [1.54, 1.807) is 37.3 Å². The van der Waals surface area contributed by atoms with Gasteiger partial charge in [0.25, 0.3) is 0 Å². The SMILES string of the molecule is CC(NC(CO)C(F)(F)F)c1ccccc1. The van der Waals surface area contributed by atoms with E-state index in [0.717, 1.165) is 5.56 Å². The van der Waals surface area contributed by atoms with Crippen LogP contribution >= 0.6 is 0 Å². The molecule has 2 atom stereocenters. The Labute approximate surface area is 92.1 Å².